The summed E-state index contributed by atoms with van der Waals surface area (Å²) in [5.41, 5.74) is 0.682. The molecule has 0 atom stereocenters. The number of hydrogen-bond acceptors (Lipinski definition) is 1. The molecule has 0 bridgehead atoms. The lowest BCUT2D eigenvalue weighted by Gasteiger charge is -1.99. The fourth-order valence-corrected chi connectivity index (χ4v) is 1.39. The molecule has 0 spiro atoms. The van der Waals surface area contributed by atoms with Crippen molar-refractivity contribution < 1.29 is 4.79 Å². The molecule has 0 N–H and O–H groups in total. The summed E-state index contributed by atoms with van der Waals surface area (Å²) < 4.78 is 0. The monoisotopic (exact) mass is 214 g/mol. The van der Waals surface area contributed by atoms with E-state index in [0.29, 0.717) is 15.6 Å². The van der Waals surface area contributed by atoms with Crippen molar-refractivity contribution >= 4 is 35.1 Å². The van der Waals surface area contributed by atoms with Crippen molar-refractivity contribution in [3.63, 3.8) is 0 Å². The van der Waals surface area contributed by atoms with Crippen molar-refractivity contribution in [3.05, 3.63) is 39.9 Å². The molecule has 0 aromatic heterocycles. The van der Waals surface area contributed by atoms with Gasteiger partial charge in [-0.3, -0.25) is 4.79 Å². The number of carbonyl (C=O) groups is 1. The maximum Gasteiger partial charge on any atom is 0.152 e. The molecule has 0 aliphatic rings. The van der Waals surface area contributed by atoms with Gasteiger partial charge in [0, 0.05) is 15.6 Å². The molecule has 0 saturated heterocycles. The largest absolute Gasteiger partial charge is 0.295 e. The lowest BCUT2D eigenvalue weighted by Crippen LogP contribution is -1.82. The fourth-order valence-electron chi connectivity index (χ4n) is 0.871. The van der Waals surface area contributed by atoms with Crippen LogP contribution < -0.4 is 0 Å². The predicted octanol–water partition coefficient (Wildman–Crippen LogP) is 3.60. The molecule has 3 heteroatoms. The molecule has 0 aliphatic heterocycles. The number of hydrogen-bond donors (Lipinski definition) is 0. The molecule has 0 amide bonds. The van der Waals surface area contributed by atoms with Crippen LogP contribution in [0.4, 0.5) is 0 Å². The minimum atomic E-state index is -0.0315. The molecule has 1 aromatic rings. The third-order valence-electron chi connectivity index (χ3n) is 1.48. The van der Waals surface area contributed by atoms with Crippen LogP contribution in [0.25, 0.3) is 6.08 Å². The van der Waals surface area contributed by atoms with Crippen LogP contribution in [0.1, 0.15) is 12.5 Å². The molecule has 0 radical (unpaired) electrons. The Bertz CT molecular complexity index is 336. The molecule has 68 valence electrons. The van der Waals surface area contributed by atoms with Gasteiger partial charge in [0.2, 0.25) is 0 Å². The maximum atomic E-state index is 10.7. The molecule has 13 heavy (non-hydrogen) atoms. The molecule has 1 rings (SSSR count). The van der Waals surface area contributed by atoms with Gasteiger partial charge in [0.1, 0.15) is 0 Å². The van der Waals surface area contributed by atoms with Crippen molar-refractivity contribution in [2.45, 2.75) is 6.92 Å². The molecular weight excluding hydrogens is 207 g/mol. The summed E-state index contributed by atoms with van der Waals surface area (Å²) in [5.74, 6) is -0.0315. The van der Waals surface area contributed by atoms with E-state index in [1.165, 1.54) is 13.0 Å². The van der Waals surface area contributed by atoms with Crippen molar-refractivity contribution in [1.29, 1.82) is 0 Å². The molecule has 0 fully saturated rings. The Hall–Kier alpha value is -0.790. The average molecular weight is 215 g/mol. The molecular formula is C10H8Cl2O. The summed E-state index contributed by atoms with van der Waals surface area (Å²) in [7, 11) is 0. The van der Waals surface area contributed by atoms with Crippen LogP contribution >= 0.6 is 23.2 Å². The van der Waals surface area contributed by atoms with Gasteiger partial charge in [0.25, 0.3) is 0 Å². The zero-order valence-electron chi connectivity index (χ0n) is 7.05. The number of allylic oxidation sites excluding steroid dienone is 1. The summed E-state index contributed by atoms with van der Waals surface area (Å²) in [6, 6.07) is 5.22. The zero-order valence-corrected chi connectivity index (χ0v) is 8.56. The Balaban J connectivity index is 3.06. The smallest absolute Gasteiger partial charge is 0.152 e. The summed E-state index contributed by atoms with van der Waals surface area (Å²) in [6.45, 7) is 1.47. The highest BCUT2D eigenvalue weighted by atomic mass is 35.5. The second-order valence-corrected chi connectivity index (χ2v) is 3.39. The third kappa shape index (κ3) is 2.87. The molecule has 0 saturated carbocycles. The van der Waals surface area contributed by atoms with Crippen LogP contribution in [0, 0.1) is 0 Å². The first-order valence-electron chi connectivity index (χ1n) is 3.74. The lowest BCUT2D eigenvalue weighted by atomic mass is 10.2. The van der Waals surface area contributed by atoms with E-state index < -0.39 is 0 Å². The van der Waals surface area contributed by atoms with E-state index in [9.17, 15) is 4.79 Å². The van der Waals surface area contributed by atoms with Crippen molar-refractivity contribution in [2.24, 2.45) is 0 Å². The SMILES string of the molecule is CC(=O)/C=C\c1c(Cl)cccc1Cl. The van der Waals surface area contributed by atoms with Gasteiger partial charge < -0.3 is 0 Å². The van der Waals surface area contributed by atoms with E-state index in [1.54, 1.807) is 24.3 Å². The first kappa shape index (κ1) is 10.3. The maximum absolute atomic E-state index is 10.7. The van der Waals surface area contributed by atoms with Gasteiger partial charge in [-0.2, -0.15) is 0 Å². The molecule has 0 aliphatic carbocycles. The Morgan fingerprint density at radius 1 is 1.31 bits per heavy atom. The number of halogens is 2. The first-order valence-corrected chi connectivity index (χ1v) is 4.49. The second-order valence-electron chi connectivity index (χ2n) is 2.58. The average Bonchev–Trinajstić information content (AvgIpc) is 2.03. The quantitative estimate of drug-likeness (QED) is 0.689. The van der Waals surface area contributed by atoms with Gasteiger partial charge >= 0.3 is 0 Å². The highest BCUT2D eigenvalue weighted by Crippen LogP contribution is 2.25. The van der Waals surface area contributed by atoms with Crippen LogP contribution in [-0.4, -0.2) is 5.78 Å². The van der Waals surface area contributed by atoms with Crippen molar-refractivity contribution in [2.75, 3.05) is 0 Å². The zero-order chi connectivity index (χ0) is 9.84. The Kier molecular flexibility index (Phi) is 3.52. The van der Waals surface area contributed by atoms with Gasteiger partial charge in [0.15, 0.2) is 5.78 Å². The van der Waals surface area contributed by atoms with Gasteiger partial charge in [-0.1, -0.05) is 29.3 Å². The van der Waals surface area contributed by atoms with E-state index >= 15 is 0 Å². The summed E-state index contributed by atoms with van der Waals surface area (Å²) in [4.78, 5) is 10.7. The van der Waals surface area contributed by atoms with E-state index in [-0.39, 0.29) is 5.78 Å². The highest BCUT2D eigenvalue weighted by Gasteiger charge is 2.00. The standard InChI is InChI=1S/C10H8Cl2O/c1-7(13)5-6-8-9(11)3-2-4-10(8)12/h2-6H,1H3/b6-5-. The lowest BCUT2D eigenvalue weighted by molar-refractivity contribution is -0.112. The minimum Gasteiger partial charge on any atom is -0.295 e. The number of ketones is 1. The van der Waals surface area contributed by atoms with Crippen LogP contribution in [0.5, 0.6) is 0 Å². The second kappa shape index (κ2) is 4.45. The van der Waals surface area contributed by atoms with E-state index in [0.717, 1.165) is 0 Å². The number of rotatable bonds is 2. The van der Waals surface area contributed by atoms with Crippen LogP contribution in [0.15, 0.2) is 24.3 Å². The fraction of sp³-hybridized carbons (Fsp3) is 0.100. The van der Waals surface area contributed by atoms with Crippen molar-refractivity contribution in [1.82, 2.24) is 0 Å². The normalized spacial score (nSPS) is 10.7. The van der Waals surface area contributed by atoms with Crippen LogP contribution in [0.3, 0.4) is 0 Å². The Morgan fingerprint density at radius 2 is 1.85 bits per heavy atom. The van der Waals surface area contributed by atoms with E-state index in [1.807, 2.05) is 0 Å². The predicted molar refractivity (Wildman–Crippen MR) is 56.2 cm³/mol. The molecule has 0 unspecified atom stereocenters. The van der Waals surface area contributed by atoms with Crippen molar-refractivity contribution in [3.8, 4) is 0 Å². The highest BCUT2D eigenvalue weighted by molar-refractivity contribution is 6.37. The summed E-state index contributed by atoms with van der Waals surface area (Å²) >= 11 is 11.7. The minimum absolute atomic E-state index is 0.0315. The van der Waals surface area contributed by atoms with Crippen LogP contribution in [-0.2, 0) is 4.79 Å². The first-order chi connectivity index (χ1) is 6.11. The molecule has 1 nitrogen and oxygen atoms in total. The van der Waals surface area contributed by atoms with Gasteiger partial charge in [-0.05, 0) is 31.2 Å². The molecule has 1 aromatic carbocycles. The topological polar surface area (TPSA) is 17.1 Å². The Morgan fingerprint density at radius 3 is 2.31 bits per heavy atom. The van der Waals surface area contributed by atoms with E-state index in [4.69, 9.17) is 23.2 Å². The summed E-state index contributed by atoms with van der Waals surface area (Å²) in [6.07, 6.45) is 3.06. The number of carbonyl (C=O) groups excluding carboxylic acids is 1. The number of benzene rings is 1. The third-order valence-corrected chi connectivity index (χ3v) is 2.14. The van der Waals surface area contributed by atoms with Gasteiger partial charge in [-0.15, -0.1) is 0 Å². The van der Waals surface area contributed by atoms with Gasteiger partial charge in [0.05, 0.1) is 0 Å². The van der Waals surface area contributed by atoms with E-state index in [2.05, 4.69) is 0 Å². The Labute approximate surface area is 87.0 Å². The molecule has 0 heterocycles. The van der Waals surface area contributed by atoms with Crippen LogP contribution in [0.2, 0.25) is 10.0 Å². The summed E-state index contributed by atoms with van der Waals surface area (Å²) in [5, 5.41) is 1.09. The van der Waals surface area contributed by atoms with Gasteiger partial charge in [-0.25, -0.2) is 0 Å².